The SMILES string of the molecule is CCC[C@@H](NC(=O)c1ccccc1OCC(=O)NC(C)(C)C)C(=O)N1CCC[C@@H]1C(=O)N1CCOCC1. The Morgan fingerprint density at radius 3 is 2.49 bits per heavy atom. The minimum absolute atomic E-state index is 0.0528. The van der Waals surface area contributed by atoms with Crippen LogP contribution in [0.1, 0.15) is 63.7 Å². The zero-order valence-corrected chi connectivity index (χ0v) is 22.4. The molecule has 0 aliphatic carbocycles. The lowest BCUT2D eigenvalue weighted by atomic mass is 10.1. The topological polar surface area (TPSA) is 117 Å². The lowest BCUT2D eigenvalue weighted by Gasteiger charge is -2.34. The Morgan fingerprint density at radius 2 is 1.81 bits per heavy atom. The summed E-state index contributed by atoms with van der Waals surface area (Å²) in [6.07, 6.45) is 2.48. The molecule has 2 aliphatic heterocycles. The van der Waals surface area contributed by atoms with E-state index in [-0.39, 0.29) is 35.6 Å². The maximum atomic E-state index is 13.6. The minimum atomic E-state index is -0.771. The number of nitrogens with one attached hydrogen (secondary N) is 2. The van der Waals surface area contributed by atoms with Crippen LogP contribution in [0.25, 0.3) is 0 Å². The first-order chi connectivity index (χ1) is 17.6. The summed E-state index contributed by atoms with van der Waals surface area (Å²) in [7, 11) is 0. The Hall–Kier alpha value is -3.14. The fourth-order valence-electron chi connectivity index (χ4n) is 4.64. The third-order valence-corrected chi connectivity index (χ3v) is 6.33. The highest BCUT2D eigenvalue weighted by molar-refractivity contribution is 6.00. The van der Waals surface area contributed by atoms with E-state index >= 15 is 0 Å². The van der Waals surface area contributed by atoms with Gasteiger partial charge in [0.25, 0.3) is 11.8 Å². The number of rotatable bonds is 9. The molecule has 2 aliphatic rings. The van der Waals surface area contributed by atoms with Crippen molar-refractivity contribution in [3.63, 3.8) is 0 Å². The van der Waals surface area contributed by atoms with Crippen molar-refractivity contribution in [2.75, 3.05) is 39.5 Å². The number of para-hydroxylation sites is 1. The summed E-state index contributed by atoms with van der Waals surface area (Å²) in [5.74, 6) is -0.806. The molecule has 2 atom stereocenters. The predicted octanol–water partition coefficient (Wildman–Crippen LogP) is 1.73. The molecule has 2 saturated heterocycles. The number of benzene rings is 1. The van der Waals surface area contributed by atoms with Gasteiger partial charge in [-0.25, -0.2) is 0 Å². The molecule has 3 rings (SSSR count). The smallest absolute Gasteiger partial charge is 0.258 e. The summed E-state index contributed by atoms with van der Waals surface area (Å²) in [6.45, 7) is 9.85. The molecule has 0 aromatic heterocycles. The predicted molar refractivity (Wildman–Crippen MR) is 138 cm³/mol. The summed E-state index contributed by atoms with van der Waals surface area (Å²) in [5, 5.41) is 5.68. The van der Waals surface area contributed by atoms with Crippen molar-refractivity contribution in [3.8, 4) is 5.75 Å². The number of likely N-dealkylation sites (tertiary alicyclic amines) is 1. The van der Waals surface area contributed by atoms with E-state index in [1.807, 2.05) is 27.7 Å². The van der Waals surface area contributed by atoms with E-state index in [2.05, 4.69) is 10.6 Å². The van der Waals surface area contributed by atoms with Gasteiger partial charge in [-0.3, -0.25) is 19.2 Å². The molecular weight excluding hydrogens is 476 g/mol. The van der Waals surface area contributed by atoms with Crippen LogP contribution in [-0.4, -0.2) is 90.5 Å². The first-order valence-electron chi connectivity index (χ1n) is 13.1. The number of morpholine rings is 1. The van der Waals surface area contributed by atoms with Gasteiger partial charge in [-0.05, 0) is 52.2 Å². The van der Waals surface area contributed by atoms with Gasteiger partial charge in [-0.1, -0.05) is 25.5 Å². The van der Waals surface area contributed by atoms with Gasteiger partial charge in [0, 0.05) is 25.2 Å². The Bertz CT molecular complexity index is 970. The summed E-state index contributed by atoms with van der Waals surface area (Å²) in [4.78, 5) is 55.5. The molecule has 0 bridgehead atoms. The molecule has 4 amide bonds. The maximum Gasteiger partial charge on any atom is 0.258 e. The molecule has 2 N–H and O–H groups in total. The largest absolute Gasteiger partial charge is 0.483 e. The van der Waals surface area contributed by atoms with Gasteiger partial charge in [-0.15, -0.1) is 0 Å². The normalized spacial score (nSPS) is 18.8. The van der Waals surface area contributed by atoms with Crippen LogP contribution >= 0.6 is 0 Å². The maximum absolute atomic E-state index is 13.6. The molecule has 0 radical (unpaired) electrons. The molecule has 0 saturated carbocycles. The third-order valence-electron chi connectivity index (χ3n) is 6.33. The Morgan fingerprint density at radius 1 is 1.11 bits per heavy atom. The van der Waals surface area contributed by atoms with Crippen molar-refractivity contribution < 1.29 is 28.7 Å². The highest BCUT2D eigenvalue weighted by Gasteiger charge is 2.39. The van der Waals surface area contributed by atoms with Crippen LogP contribution in [0, 0.1) is 0 Å². The Balaban J connectivity index is 1.68. The monoisotopic (exact) mass is 516 g/mol. The Kier molecular flexibility index (Phi) is 9.91. The summed E-state index contributed by atoms with van der Waals surface area (Å²) >= 11 is 0. The van der Waals surface area contributed by atoms with Crippen LogP contribution < -0.4 is 15.4 Å². The first-order valence-corrected chi connectivity index (χ1v) is 13.1. The van der Waals surface area contributed by atoms with E-state index in [4.69, 9.17) is 9.47 Å². The number of hydrogen-bond acceptors (Lipinski definition) is 6. The third kappa shape index (κ3) is 7.92. The highest BCUT2D eigenvalue weighted by atomic mass is 16.5. The second-order valence-electron chi connectivity index (χ2n) is 10.5. The van der Waals surface area contributed by atoms with Crippen molar-refractivity contribution in [2.24, 2.45) is 0 Å². The van der Waals surface area contributed by atoms with Crippen LogP contribution in [0.15, 0.2) is 24.3 Å². The van der Waals surface area contributed by atoms with E-state index in [0.29, 0.717) is 52.1 Å². The highest BCUT2D eigenvalue weighted by Crippen LogP contribution is 2.23. The van der Waals surface area contributed by atoms with Gasteiger partial charge < -0.3 is 29.9 Å². The van der Waals surface area contributed by atoms with Crippen LogP contribution in [0.4, 0.5) is 0 Å². The number of nitrogens with zero attached hydrogens (tertiary/aromatic N) is 2. The summed E-state index contributed by atoms with van der Waals surface area (Å²) < 4.78 is 11.0. The molecule has 10 nitrogen and oxygen atoms in total. The van der Waals surface area contributed by atoms with Crippen molar-refractivity contribution in [1.29, 1.82) is 0 Å². The average molecular weight is 517 g/mol. The lowest BCUT2D eigenvalue weighted by molar-refractivity contribution is -0.147. The summed E-state index contributed by atoms with van der Waals surface area (Å²) in [5.41, 5.74) is -0.163. The molecule has 2 fully saturated rings. The van der Waals surface area contributed by atoms with Gasteiger partial charge in [0.1, 0.15) is 17.8 Å². The lowest BCUT2D eigenvalue weighted by Crippen LogP contribution is -2.55. The average Bonchev–Trinajstić information content (AvgIpc) is 3.36. The standard InChI is InChI=1S/C27H40N4O6/c1-5-9-20(25(34)31-13-8-11-21(31)26(35)30-14-16-36-17-15-30)28-24(33)19-10-6-7-12-22(19)37-18-23(32)29-27(2,3)4/h6-7,10,12,20-21H,5,8-9,11,13-18H2,1-4H3,(H,28,33)(H,29,32)/t20-,21-/m1/s1. The van der Waals surface area contributed by atoms with Crippen LogP contribution in [0.2, 0.25) is 0 Å². The van der Waals surface area contributed by atoms with E-state index in [1.54, 1.807) is 34.1 Å². The Labute approximate surface area is 219 Å². The zero-order valence-electron chi connectivity index (χ0n) is 22.4. The minimum Gasteiger partial charge on any atom is -0.483 e. The second-order valence-corrected chi connectivity index (χ2v) is 10.5. The molecule has 0 unspecified atom stereocenters. The zero-order chi connectivity index (χ0) is 27.0. The van der Waals surface area contributed by atoms with Gasteiger partial charge in [0.05, 0.1) is 18.8 Å². The van der Waals surface area contributed by atoms with Gasteiger partial charge in [0.2, 0.25) is 11.8 Å². The number of amides is 4. The van der Waals surface area contributed by atoms with E-state index in [0.717, 1.165) is 6.42 Å². The first kappa shape index (κ1) is 28.4. The molecule has 0 spiro atoms. The van der Waals surface area contributed by atoms with E-state index < -0.39 is 23.5 Å². The van der Waals surface area contributed by atoms with E-state index in [1.165, 1.54) is 0 Å². The molecule has 37 heavy (non-hydrogen) atoms. The van der Waals surface area contributed by atoms with Crippen LogP contribution in [0.3, 0.4) is 0 Å². The van der Waals surface area contributed by atoms with Crippen LogP contribution in [0.5, 0.6) is 5.75 Å². The molecule has 1 aromatic carbocycles. The van der Waals surface area contributed by atoms with Crippen molar-refractivity contribution >= 4 is 23.6 Å². The van der Waals surface area contributed by atoms with Gasteiger partial charge in [0.15, 0.2) is 6.61 Å². The molecule has 10 heteroatoms. The molecule has 1 aromatic rings. The van der Waals surface area contributed by atoms with Gasteiger partial charge in [-0.2, -0.15) is 0 Å². The molecule has 204 valence electrons. The van der Waals surface area contributed by atoms with Gasteiger partial charge >= 0.3 is 0 Å². The van der Waals surface area contributed by atoms with Crippen LogP contribution in [-0.2, 0) is 19.1 Å². The van der Waals surface area contributed by atoms with E-state index in [9.17, 15) is 19.2 Å². The number of carbonyl (C=O) groups excluding carboxylic acids is 4. The molecule has 2 heterocycles. The van der Waals surface area contributed by atoms with Crippen molar-refractivity contribution in [1.82, 2.24) is 20.4 Å². The number of hydrogen-bond donors (Lipinski definition) is 2. The fraction of sp³-hybridized carbons (Fsp3) is 0.630. The number of ether oxygens (including phenoxy) is 2. The van der Waals surface area contributed by atoms with Crippen molar-refractivity contribution in [3.05, 3.63) is 29.8 Å². The quantitative estimate of drug-likeness (QED) is 0.516. The fourth-order valence-corrected chi connectivity index (χ4v) is 4.64. The number of carbonyl (C=O) groups is 4. The molecular formula is C27H40N4O6. The summed E-state index contributed by atoms with van der Waals surface area (Å²) in [6, 6.07) is 5.35. The van der Waals surface area contributed by atoms with Crippen molar-refractivity contribution in [2.45, 2.75) is 71.0 Å². The second kappa shape index (κ2) is 12.9.